The summed E-state index contributed by atoms with van der Waals surface area (Å²) in [5.41, 5.74) is 1.99. The highest BCUT2D eigenvalue weighted by Gasteiger charge is 2.49. The third-order valence-electron chi connectivity index (χ3n) is 5.30. The summed E-state index contributed by atoms with van der Waals surface area (Å²) in [5.74, 6) is -0.476. The van der Waals surface area contributed by atoms with Gasteiger partial charge >= 0.3 is 5.97 Å². The van der Waals surface area contributed by atoms with Crippen molar-refractivity contribution in [1.82, 2.24) is 9.55 Å². The standard InChI is InChI=1S/C23H23IN2O5/c1-29-19-18(23(27)28)26-12-17(24)25-22(26)21(31-14-16-10-6-3-7-11-16)20(19)30-13-15-8-4-2-5-9-15/h2-12,18-21H,13-14H2,1H3,(H,27,28)/t18-,19+,20-,21+/m0/s1. The highest BCUT2D eigenvalue weighted by molar-refractivity contribution is 14.1. The van der Waals surface area contributed by atoms with Crippen LogP contribution >= 0.6 is 22.6 Å². The number of fused-ring (bicyclic) bond motifs is 1. The first-order valence-corrected chi connectivity index (χ1v) is 11.0. The van der Waals surface area contributed by atoms with Gasteiger partial charge in [0, 0.05) is 13.3 Å². The van der Waals surface area contributed by atoms with Crippen LogP contribution in [-0.2, 0) is 32.2 Å². The topological polar surface area (TPSA) is 82.8 Å². The Morgan fingerprint density at radius 1 is 1.00 bits per heavy atom. The number of aromatic nitrogens is 2. The Morgan fingerprint density at radius 3 is 2.13 bits per heavy atom. The Labute approximate surface area is 194 Å². The van der Waals surface area contributed by atoms with E-state index in [9.17, 15) is 9.90 Å². The number of carbonyl (C=O) groups is 1. The summed E-state index contributed by atoms with van der Waals surface area (Å²) in [6, 6.07) is 18.6. The molecule has 1 aliphatic rings. The minimum Gasteiger partial charge on any atom is -0.480 e. The van der Waals surface area contributed by atoms with Gasteiger partial charge in [-0.1, -0.05) is 60.7 Å². The fourth-order valence-corrected chi connectivity index (χ4v) is 4.42. The number of imidazole rings is 1. The van der Waals surface area contributed by atoms with E-state index in [0.717, 1.165) is 11.1 Å². The normalized spacial score (nSPS) is 22.8. The third kappa shape index (κ3) is 4.82. The smallest absolute Gasteiger partial charge is 0.329 e. The molecule has 7 nitrogen and oxygen atoms in total. The van der Waals surface area contributed by atoms with E-state index in [2.05, 4.69) is 27.6 Å². The minimum atomic E-state index is -1.00. The molecule has 0 saturated carbocycles. The number of halogens is 1. The molecule has 4 rings (SSSR count). The molecular formula is C23H23IN2O5. The fourth-order valence-electron chi connectivity index (χ4n) is 3.87. The highest BCUT2D eigenvalue weighted by Crippen LogP contribution is 2.39. The molecule has 0 unspecified atom stereocenters. The maximum atomic E-state index is 12.2. The molecule has 0 radical (unpaired) electrons. The first-order chi connectivity index (χ1) is 15.1. The minimum absolute atomic E-state index is 0.306. The zero-order valence-electron chi connectivity index (χ0n) is 16.9. The number of hydrogen-bond acceptors (Lipinski definition) is 5. The Kier molecular flexibility index (Phi) is 7.01. The van der Waals surface area contributed by atoms with Gasteiger partial charge in [0.05, 0.1) is 13.2 Å². The van der Waals surface area contributed by atoms with Crippen molar-refractivity contribution in [3.63, 3.8) is 0 Å². The van der Waals surface area contributed by atoms with Crippen LogP contribution in [0.5, 0.6) is 0 Å². The quantitative estimate of drug-likeness (QED) is 0.441. The summed E-state index contributed by atoms with van der Waals surface area (Å²) in [6.45, 7) is 0.648. The monoisotopic (exact) mass is 534 g/mol. The highest BCUT2D eigenvalue weighted by atomic mass is 127. The number of rotatable bonds is 8. The molecule has 162 valence electrons. The zero-order valence-corrected chi connectivity index (χ0v) is 19.1. The maximum Gasteiger partial charge on any atom is 0.329 e. The largest absolute Gasteiger partial charge is 0.480 e. The van der Waals surface area contributed by atoms with Gasteiger partial charge in [0.15, 0.2) is 6.04 Å². The summed E-state index contributed by atoms with van der Waals surface area (Å²) in [4.78, 5) is 16.8. The fraction of sp³-hybridized carbons (Fsp3) is 0.304. The predicted octanol–water partition coefficient (Wildman–Crippen LogP) is 3.99. The number of aliphatic carboxylic acids is 1. The number of hydrogen-bond donors (Lipinski definition) is 1. The third-order valence-corrected chi connectivity index (χ3v) is 5.82. The number of carboxylic acid groups (broad SMARTS) is 1. The van der Waals surface area contributed by atoms with Crippen LogP contribution in [0.1, 0.15) is 29.1 Å². The molecule has 0 bridgehead atoms. The van der Waals surface area contributed by atoms with Crippen molar-refractivity contribution >= 4 is 28.6 Å². The average Bonchev–Trinajstić information content (AvgIpc) is 3.17. The summed E-state index contributed by atoms with van der Waals surface area (Å²) < 4.78 is 20.5. The van der Waals surface area contributed by atoms with Gasteiger partial charge in [-0.15, -0.1) is 0 Å². The molecule has 0 amide bonds. The second-order valence-electron chi connectivity index (χ2n) is 7.29. The lowest BCUT2D eigenvalue weighted by Gasteiger charge is -2.40. The number of methoxy groups -OCH3 is 1. The van der Waals surface area contributed by atoms with Crippen LogP contribution < -0.4 is 0 Å². The zero-order chi connectivity index (χ0) is 21.8. The Morgan fingerprint density at radius 2 is 1.58 bits per heavy atom. The second-order valence-corrected chi connectivity index (χ2v) is 8.40. The van der Waals surface area contributed by atoms with Crippen LogP contribution in [0.3, 0.4) is 0 Å². The average molecular weight is 534 g/mol. The van der Waals surface area contributed by atoms with Crippen LogP contribution in [0.2, 0.25) is 0 Å². The molecule has 1 aromatic heterocycles. The molecule has 2 heterocycles. The van der Waals surface area contributed by atoms with Crippen LogP contribution in [0.4, 0.5) is 0 Å². The van der Waals surface area contributed by atoms with E-state index in [1.165, 1.54) is 7.11 Å². The van der Waals surface area contributed by atoms with E-state index >= 15 is 0 Å². The lowest BCUT2D eigenvalue weighted by Crippen LogP contribution is -2.50. The van der Waals surface area contributed by atoms with Crippen molar-refractivity contribution < 1.29 is 24.1 Å². The van der Waals surface area contributed by atoms with Crippen molar-refractivity contribution in [1.29, 1.82) is 0 Å². The van der Waals surface area contributed by atoms with Gasteiger partial charge in [0.1, 0.15) is 27.8 Å². The molecule has 0 aliphatic carbocycles. The van der Waals surface area contributed by atoms with Crippen molar-refractivity contribution in [2.24, 2.45) is 0 Å². The SMILES string of the molecule is CO[C@H]1[C@H](OCc2ccccc2)[C@@H](OCc2ccccc2)c2nc(I)cn2[C@@H]1C(=O)O. The molecule has 0 fully saturated rings. The molecule has 2 aromatic carbocycles. The molecule has 0 saturated heterocycles. The molecule has 31 heavy (non-hydrogen) atoms. The lowest BCUT2D eigenvalue weighted by atomic mass is 9.94. The van der Waals surface area contributed by atoms with Crippen molar-refractivity contribution in [3.05, 3.63) is 87.5 Å². The summed E-state index contributed by atoms with van der Waals surface area (Å²) in [5, 5.41) is 9.97. The molecule has 4 atom stereocenters. The Balaban J connectivity index is 1.68. The number of ether oxygens (including phenoxy) is 3. The second kappa shape index (κ2) is 9.90. The number of nitrogens with zero attached hydrogens (tertiary/aromatic N) is 2. The van der Waals surface area contributed by atoms with E-state index in [-0.39, 0.29) is 0 Å². The summed E-state index contributed by atoms with van der Waals surface area (Å²) in [6.07, 6.45) is -0.277. The number of carboxylic acids is 1. The van der Waals surface area contributed by atoms with E-state index < -0.39 is 30.3 Å². The van der Waals surface area contributed by atoms with Gasteiger partial charge < -0.3 is 23.9 Å². The van der Waals surface area contributed by atoms with Crippen LogP contribution in [0.25, 0.3) is 0 Å². The first kappa shape index (κ1) is 21.9. The van der Waals surface area contributed by atoms with Gasteiger partial charge in [-0.3, -0.25) is 0 Å². The van der Waals surface area contributed by atoms with Gasteiger partial charge in [0.2, 0.25) is 0 Å². The van der Waals surface area contributed by atoms with Gasteiger partial charge in [0.25, 0.3) is 0 Å². The van der Waals surface area contributed by atoms with E-state index in [4.69, 9.17) is 14.2 Å². The first-order valence-electron chi connectivity index (χ1n) is 9.89. The van der Waals surface area contributed by atoms with Crippen molar-refractivity contribution in [2.45, 2.75) is 37.6 Å². The Hall–Kier alpha value is -2.27. The predicted molar refractivity (Wildman–Crippen MR) is 121 cm³/mol. The Bertz CT molecular complexity index is 1010. The van der Waals surface area contributed by atoms with Crippen molar-refractivity contribution in [3.8, 4) is 0 Å². The van der Waals surface area contributed by atoms with E-state index in [0.29, 0.717) is 22.7 Å². The maximum absolute atomic E-state index is 12.2. The van der Waals surface area contributed by atoms with E-state index in [1.54, 1.807) is 10.8 Å². The molecule has 1 N–H and O–H groups in total. The number of benzene rings is 2. The van der Waals surface area contributed by atoms with Gasteiger partial charge in [-0.05, 0) is 33.7 Å². The molecule has 1 aliphatic heterocycles. The van der Waals surface area contributed by atoms with E-state index in [1.807, 2.05) is 60.7 Å². The summed E-state index contributed by atoms with van der Waals surface area (Å²) in [7, 11) is 1.50. The summed E-state index contributed by atoms with van der Waals surface area (Å²) >= 11 is 2.08. The molecule has 3 aromatic rings. The van der Waals surface area contributed by atoms with Crippen molar-refractivity contribution in [2.75, 3.05) is 7.11 Å². The molecule has 8 heteroatoms. The van der Waals surface area contributed by atoms with Gasteiger partial charge in [-0.2, -0.15) is 0 Å². The molecular weight excluding hydrogens is 511 g/mol. The van der Waals surface area contributed by atoms with Gasteiger partial charge in [-0.25, -0.2) is 9.78 Å². The van der Waals surface area contributed by atoms with Crippen LogP contribution in [0, 0.1) is 3.70 Å². The lowest BCUT2D eigenvalue weighted by molar-refractivity contribution is -0.182. The molecule has 0 spiro atoms. The van der Waals surface area contributed by atoms with Crippen LogP contribution in [-0.4, -0.2) is 39.9 Å². The van der Waals surface area contributed by atoms with Crippen LogP contribution in [0.15, 0.2) is 66.9 Å².